The zero-order chi connectivity index (χ0) is 10.6. The predicted molar refractivity (Wildman–Crippen MR) is 56.3 cm³/mol. The summed E-state index contributed by atoms with van der Waals surface area (Å²) in [6.45, 7) is 6.85. The summed E-state index contributed by atoms with van der Waals surface area (Å²) in [4.78, 5) is 0. The molecule has 1 rings (SSSR count). The molecule has 2 atom stereocenters. The van der Waals surface area contributed by atoms with Gasteiger partial charge in [-0.1, -0.05) is 0 Å². The third-order valence-corrected chi connectivity index (χ3v) is 2.14. The fourth-order valence-corrected chi connectivity index (χ4v) is 1.49. The molecular formula is C11H19NO2. The van der Waals surface area contributed by atoms with E-state index in [0.29, 0.717) is 12.6 Å². The van der Waals surface area contributed by atoms with E-state index >= 15 is 0 Å². The Morgan fingerprint density at radius 3 is 2.64 bits per heavy atom. The largest absolute Gasteiger partial charge is 0.465 e. The van der Waals surface area contributed by atoms with Crippen molar-refractivity contribution in [3.63, 3.8) is 0 Å². The Morgan fingerprint density at radius 2 is 2.14 bits per heavy atom. The van der Waals surface area contributed by atoms with Crippen molar-refractivity contribution in [2.45, 2.75) is 32.9 Å². The van der Waals surface area contributed by atoms with Crippen LogP contribution in [0.4, 0.5) is 0 Å². The first-order valence-electron chi connectivity index (χ1n) is 4.94. The van der Waals surface area contributed by atoms with Gasteiger partial charge in [0.05, 0.1) is 12.6 Å². The summed E-state index contributed by atoms with van der Waals surface area (Å²) in [5, 5.41) is 3.39. The Hall–Kier alpha value is -0.800. The molecule has 0 fully saturated rings. The van der Waals surface area contributed by atoms with Gasteiger partial charge in [0.1, 0.15) is 11.5 Å². The van der Waals surface area contributed by atoms with Crippen LogP contribution in [0.5, 0.6) is 0 Å². The standard InChI is InChI=1S/C11H19NO2/c1-8(7-13-4)12-10(3)11-6-5-9(2)14-11/h5-6,8,10,12H,7H2,1-4H3/t8-,10+/m1/s1. The van der Waals surface area contributed by atoms with Crippen molar-refractivity contribution >= 4 is 0 Å². The molecule has 0 aliphatic heterocycles. The normalized spacial score (nSPS) is 15.4. The van der Waals surface area contributed by atoms with Crippen LogP contribution < -0.4 is 5.32 Å². The minimum atomic E-state index is 0.230. The van der Waals surface area contributed by atoms with E-state index in [1.165, 1.54) is 0 Å². The number of nitrogens with one attached hydrogen (secondary N) is 1. The Morgan fingerprint density at radius 1 is 1.43 bits per heavy atom. The molecule has 0 aliphatic rings. The first-order chi connectivity index (χ1) is 6.63. The summed E-state index contributed by atoms with van der Waals surface area (Å²) < 4.78 is 10.6. The maximum Gasteiger partial charge on any atom is 0.120 e. The third-order valence-electron chi connectivity index (χ3n) is 2.14. The maximum absolute atomic E-state index is 5.52. The van der Waals surface area contributed by atoms with Crippen molar-refractivity contribution in [2.24, 2.45) is 0 Å². The van der Waals surface area contributed by atoms with Crippen molar-refractivity contribution in [2.75, 3.05) is 13.7 Å². The molecule has 0 saturated heterocycles. The zero-order valence-corrected chi connectivity index (χ0v) is 9.33. The second-order valence-corrected chi connectivity index (χ2v) is 3.69. The Kier molecular flexibility index (Phi) is 4.17. The molecule has 1 heterocycles. The molecule has 0 aromatic carbocycles. The first kappa shape index (κ1) is 11.3. The van der Waals surface area contributed by atoms with Crippen LogP contribution in [-0.2, 0) is 4.74 Å². The third kappa shape index (κ3) is 3.16. The van der Waals surface area contributed by atoms with Gasteiger partial charge in [0.25, 0.3) is 0 Å². The first-order valence-corrected chi connectivity index (χ1v) is 4.94. The van der Waals surface area contributed by atoms with Crippen molar-refractivity contribution in [3.05, 3.63) is 23.7 Å². The average molecular weight is 197 g/mol. The van der Waals surface area contributed by atoms with Gasteiger partial charge in [-0.05, 0) is 32.9 Å². The number of hydrogen-bond acceptors (Lipinski definition) is 3. The van der Waals surface area contributed by atoms with Crippen molar-refractivity contribution in [1.29, 1.82) is 0 Å². The molecule has 14 heavy (non-hydrogen) atoms. The quantitative estimate of drug-likeness (QED) is 0.786. The highest BCUT2D eigenvalue weighted by molar-refractivity contribution is 5.08. The van der Waals surface area contributed by atoms with Gasteiger partial charge in [0.2, 0.25) is 0 Å². The molecule has 0 saturated carbocycles. The fraction of sp³-hybridized carbons (Fsp3) is 0.636. The molecule has 1 N–H and O–H groups in total. The molecule has 0 aliphatic carbocycles. The van der Waals surface area contributed by atoms with Crippen LogP contribution in [0.15, 0.2) is 16.5 Å². The average Bonchev–Trinajstić information content (AvgIpc) is 2.52. The summed E-state index contributed by atoms with van der Waals surface area (Å²) in [6, 6.07) is 4.55. The highest BCUT2D eigenvalue weighted by Crippen LogP contribution is 2.15. The molecule has 0 bridgehead atoms. The van der Waals surface area contributed by atoms with Gasteiger partial charge in [-0.3, -0.25) is 0 Å². The highest BCUT2D eigenvalue weighted by atomic mass is 16.5. The Bertz CT molecular complexity index is 270. The van der Waals surface area contributed by atoms with Gasteiger partial charge >= 0.3 is 0 Å². The number of furan rings is 1. The molecule has 0 amide bonds. The minimum absolute atomic E-state index is 0.230. The fourth-order valence-electron chi connectivity index (χ4n) is 1.49. The van der Waals surface area contributed by atoms with Gasteiger partial charge in [0.15, 0.2) is 0 Å². The van der Waals surface area contributed by atoms with Gasteiger partial charge in [-0.2, -0.15) is 0 Å². The van der Waals surface area contributed by atoms with Crippen molar-refractivity contribution in [3.8, 4) is 0 Å². The van der Waals surface area contributed by atoms with E-state index < -0.39 is 0 Å². The lowest BCUT2D eigenvalue weighted by Crippen LogP contribution is -2.32. The number of hydrogen-bond donors (Lipinski definition) is 1. The molecule has 0 radical (unpaired) electrons. The van der Waals surface area contributed by atoms with Crippen LogP contribution in [0.2, 0.25) is 0 Å². The van der Waals surface area contributed by atoms with E-state index in [9.17, 15) is 0 Å². The summed E-state index contributed by atoms with van der Waals surface area (Å²) >= 11 is 0. The molecule has 0 unspecified atom stereocenters. The SMILES string of the molecule is COC[C@@H](C)N[C@@H](C)c1ccc(C)o1. The van der Waals surface area contributed by atoms with Crippen LogP contribution >= 0.6 is 0 Å². The van der Waals surface area contributed by atoms with Crippen LogP contribution in [0, 0.1) is 6.92 Å². The second kappa shape index (κ2) is 5.17. The highest BCUT2D eigenvalue weighted by Gasteiger charge is 2.11. The van der Waals surface area contributed by atoms with E-state index in [-0.39, 0.29) is 6.04 Å². The number of methoxy groups -OCH3 is 1. The Labute approximate surface area is 85.4 Å². The van der Waals surface area contributed by atoms with Crippen LogP contribution in [0.1, 0.15) is 31.4 Å². The summed E-state index contributed by atoms with van der Waals surface area (Å²) in [5.74, 6) is 1.93. The van der Waals surface area contributed by atoms with E-state index in [1.54, 1.807) is 7.11 Å². The van der Waals surface area contributed by atoms with Crippen LogP contribution in [0.3, 0.4) is 0 Å². The van der Waals surface area contributed by atoms with E-state index in [4.69, 9.17) is 9.15 Å². The van der Waals surface area contributed by atoms with Crippen molar-refractivity contribution < 1.29 is 9.15 Å². The molecule has 3 nitrogen and oxygen atoms in total. The molecular weight excluding hydrogens is 178 g/mol. The molecule has 1 aromatic rings. The van der Waals surface area contributed by atoms with E-state index in [0.717, 1.165) is 11.5 Å². The topological polar surface area (TPSA) is 34.4 Å². The minimum Gasteiger partial charge on any atom is -0.465 e. The summed E-state index contributed by atoms with van der Waals surface area (Å²) in [6.07, 6.45) is 0. The van der Waals surface area contributed by atoms with Crippen LogP contribution in [-0.4, -0.2) is 19.8 Å². The molecule has 0 spiro atoms. The van der Waals surface area contributed by atoms with Gasteiger partial charge in [-0.15, -0.1) is 0 Å². The Balaban J connectivity index is 2.45. The van der Waals surface area contributed by atoms with Gasteiger partial charge < -0.3 is 14.5 Å². The van der Waals surface area contributed by atoms with Crippen molar-refractivity contribution in [1.82, 2.24) is 5.32 Å². The second-order valence-electron chi connectivity index (χ2n) is 3.69. The molecule has 3 heteroatoms. The molecule has 1 aromatic heterocycles. The number of rotatable bonds is 5. The smallest absolute Gasteiger partial charge is 0.120 e. The lowest BCUT2D eigenvalue weighted by Gasteiger charge is -2.17. The van der Waals surface area contributed by atoms with Gasteiger partial charge in [0, 0.05) is 13.2 Å². The maximum atomic E-state index is 5.52. The van der Waals surface area contributed by atoms with E-state index in [1.807, 2.05) is 19.1 Å². The molecule has 80 valence electrons. The van der Waals surface area contributed by atoms with E-state index in [2.05, 4.69) is 19.2 Å². The predicted octanol–water partition coefficient (Wildman–Crippen LogP) is 2.27. The van der Waals surface area contributed by atoms with Crippen LogP contribution in [0.25, 0.3) is 0 Å². The lowest BCUT2D eigenvalue weighted by atomic mass is 10.2. The zero-order valence-electron chi connectivity index (χ0n) is 9.33. The monoisotopic (exact) mass is 197 g/mol. The lowest BCUT2D eigenvalue weighted by molar-refractivity contribution is 0.165. The number of aryl methyl sites for hydroxylation is 1. The number of ether oxygens (including phenoxy) is 1. The van der Waals surface area contributed by atoms with Gasteiger partial charge in [-0.25, -0.2) is 0 Å². The summed E-state index contributed by atoms with van der Waals surface area (Å²) in [5.41, 5.74) is 0. The summed E-state index contributed by atoms with van der Waals surface area (Å²) in [7, 11) is 1.71.